The molecule has 0 aromatic carbocycles. The van der Waals surface area contributed by atoms with Crippen molar-refractivity contribution < 1.29 is 5.11 Å². The second kappa shape index (κ2) is 2.25. The van der Waals surface area contributed by atoms with Gasteiger partial charge in [0.2, 0.25) is 0 Å². The maximum Gasteiger partial charge on any atom is 0.0490 e. The zero-order chi connectivity index (χ0) is 8.18. The Bertz CT molecular complexity index is 201. The van der Waals surface area contributed by atoms with Crippen molar-refractivity contribution >= 4 is 0 Å². The predicted molar refractivity (Wildman–Crippen MR) is 47.7 cm³/mol. The number of hydrogen-bond donors (Lipinski definition) is 1. The van der Waals surface area contributed by atoms with Crippen molar-refractivity contribution in [3.8, 4) is 0 Å². The number of fused-ring (bicyclic) bond motifs is 5. The SMILES string of the molecule is OCC12CCC(C1)C1CCCC12. The van der Waals surface area contributed by atoms with E-state index < -0.39 is 0 Å². The van der Waals surface area contributed by atoms with Crippen molar-refractivity contribution in [2.75, 3.05) is 6.61 Å². The van der Waals surface area contributed by atoms with Gasteiger partial charge in [0.05, 0.1) is 0 Å². The summed E-state index contributed by atoms with van der Waals surface area (Å²) in [5.41, 5.74) is 0.409. The van der Waals surface area contributed by atoms with Gasteiger partial charge in [-0.25, -0.2) is 0 Å². The molecular weight excluding hydrogens is 148 g/mol. The molecule has 3 aliphatic rings. The van der Waals surface area contributed by atoms with Crippen LogP contribution in [0.4, 0.5) is 0 Å². The molecule has 1 N–H and O–H groups in total. The van der Waals surface area contributed by atoms with Gasteiger partial charge in [-0.3, -0.25) is 0 Å². The minimum Gasteiger partial charge on any atom is -0.396 e. The highest BCUT2D eigenvalue weighted by Crippen LogP contribution is 2.65. The number of hydrogen-bond acceptors (Lipinski definition) is 1. The molecular formula is C11H18O. The highest BCUT2D eigenvalue weighted by atomic mass is 16.3. The largest absolute Gasteiger partial charge is 0.396 e. The van der Waals surface area contributed by atoms with E-state index in [0.29, 0.717) is 12.0 Å². The Labute approximate surface area is 74.2 Å². The summed E-state index contributed by atoms with van der Waals surface area (Å²) < 4.78 is 0. The Balaban J connectivity index is 1.95. The summed E-state index contributed by atoms with van der Waals surface area (Å²) in [6.45, 7) is 0.477. The molecule has 0 heterocycles. The number of aliphatic hydroxyl groups excluding tert-OH is 1. The van der Waals surface area contributed by atoms with Crippen LogP contribution in [0.1, 0.15) is 38.5 Å². The van der Waals surface area contributed by atoms with Gasteiger partial charge in [0.15, 0.2) is 0 Å². The van der Waals surface area contributed by atoms with Crippen LogP contribution in [0.5, 0.6) is 0 Å². The third-order valence-electron chi connectivity index (χ3n) is 4.96. The molecule has 0 saturated heterocycles. The summed E-state index contributed by atoms with van der Waals surface area (Å²) in [7, 11) is 0. The molecule has 0 aromatic rings. The molecule has 68 valence electrons. The summed E-state index contributed by atoms with van der Waals surface area (Å²) in [5, 5.41) is 9.49. The molecule has 0 amide bonds. The van der Waals surface area contributed by atoms with Crippen molar-refractivity contribution in [1.29, 1.82) is 0 Å². The minimum atomic E-state index is 0.409. The summed E-state index contributed by atoms with van der Waals surface area (Å²) >= 11 is 0. The normalized spacial score (nSPS) is 56.2. The summed E-state index contributed by atoms with van der Waals surface area (Å²) in [6, 6.07) is 0. The standard InChI is InChI=1S/C11H18O/c12-7-11-5-4-8(6-11)9-2-1-3-10(9)11/h8-10,12H,1-7H2. The fourth-order valence-electron chi connectivity index (χ4n) is 4.48. The van der Waals surface area contributed by atoms with E-state index in [0.717, 1.165) is 17.8 Å². The van der Waals surface area contributed by atoms with E-state index in [-0.39, 0.29) is 0 Å². The molecule has 12 heavy (non-hydrogen) atoms. The first-order valence-electron chi connectivity index (χ1n) is 5.47. The topological polar surface area (TPSA) is 20.2 Å². The molecule has 3 aliphatic carbocycles. The molecule has 3 saturated carbocycles. The lowest BCUT2D eigenvalue weighted by Crippen LogP contribution is -2.30. The Morgan fingerprint density at radius 2 is 2.17 bits per heavy atom. The van der Waals surface area contributed by atoms with Crippen LogP contribution in [-0.4, -0.2) is 11.7 Å². The van der Waals surface area contributed by atoms with Crippen LogP contribution in [0.3, 0.4) is 0 Å². The predicted octanol–water partition coefficient (Wildman–Crippen LogP) is 2.20. The van der Waals surface area contributed by atoms with E-state index >= 15 is 0 Å². The molecule has 1 heteroatoms. The molecule has 3 fully saturated rings. The first kappa shape index (κ1) is 7.37. The van der Waals surface area contributed by atoms with Gasteiger partial charge in [-0.2, -0.15) is 0 Å². The van der Waals surface area contributed by atoms with Gasteiger partial charge < -0.3 is 5.11 Å². The van der Waals surface area contributed by atoms with Crippen molar-refractivity contribution in [2.24, 2.45) is 23.2 Å². The summed E-state index contributed by atoms with van der Waals surface area (Å²) in [4.78, 5) is 0. The molecule has 0 aromatic heterocycles. The van der Waals surface area contributed by atoms with Crippen molar-refractivity contribution in [1.82, 2.24) is 0 Å². The van der Waals surface area contributed by atoms with Crippen molar-refractivity contribution in [2.45, 2.75) is 38.5 Å². The molecule has 3 rings (SSSR count). The van der Waals surface area contributed by atoms with E-state index in [1.165, 1.54) is 38.5 Å². The van der Waals surface area contributed by atoms with Gasteiger partial charge in [-0.05, 0) is 55.3 Å². The zero-order valence-electron chi connectivity index (χ0n) is 7.63. The average Bonchev–Trinajstić information content (AvgIpc) is 2.76. The van der Waals surface area contributed by atoms with Crippen LogP contribution in [0, 0.1) is 23.2 Å². The van der Waals surface area contributed by atoms with Gasteiger partial charge in [-0.15, -0.1) is 0 Å². The maximum absolute atomic E-state index is 9.49. The number of aliphatic hydroxyl groups is 1. The number of rotatable bonds is 1. The second-order valence-electron chi connectivity index (χ2n) is 5.22. The summed E-state index contributed by atoms with van der Waals surface area (Å²) in [6.07, 6.45) is 8.43. The minimum absolute atomic E-state index is 0.409. The Morgan fingerprint density at radius 1 is 1.25 bits per heavy atom. The van der Waals surface area contributed by atoms with Gasteiger partial charge in [0.1, 0.15) is 0 Å². The molecule has 4 atom stereocenters. The quantitative estimate of drug-likeness (QED) is 0.633. The van der Waals surface area contributed by atoms with Crippen molar-refractivity contribution in [3.63, 3.8) is 0 Å². The van der Waals surface area contributed by atoms with Gasteiger partial charge in [0.25, 0.3) is 0 Å². The van der Waals surface area contributed by atoms with Crippen LogP contribution in [0.2, 0.25) is 0 Å². The molecule has 0 spiro atoms. The molecule has 0 radical (unpaired) electrons. The summed E-state index contributed by atoms with van der Waals surface area (Å²) in [5.74, 6) is 2.94. The molecule has 0 aliphatic heterocycles. The Morgan fingerprint density at radius 3 is 3.00 bits per heavy atom. The van der Waals surface area contributed by atoms with Gasteiger partial charge in [-0.1, -0.05) is 6.42 Å². The van der Waals surface area contributed by atoms with Gasteiger partial charge in [0, 0.05) is 6.61 Å². The second-order valence-corrected chi connectivity index (χ2v) is 5.22. The lowest BCUT2D eigenvalue weighted by atomic mass is 9.72. The van der Waals surface area contributed by atoms with E-state index in [4.69, 9.17) is 0 Å². The first-order valence-corrected chi connectivity index (χ1v) is 5.47. The van der Waals surface area contributed by atoms with Crippen LogP contribution in [0.25, 0.3) is 0 Å². The lowest BCUT2D eigenvalue weighted by Gasteiger charge is -2.34. The Hall–Kier alpha value is -0.0400. The third-order valence-corrected chi connectivity index (χ3v) is 4.96. The first-order chi connectivity index (χ1) is 5.86. The van der Waals surface area contributed by atoms with E-state index in [1.54, 1.807) is 0 Å². The zero-order valence-corrected chi connectivity index (χ0v) is 7.63. The monoisotopic (exact) mass is 166 g/mol. The molecule has 4 unspecified atom stereocenters. The van der Waals surface area contributed by atoms with Crippen LogP contribution in [0.15, 0.2) is 0 Å². The van der Waals surface area contributed by atoms with Crippen LogP contribution >= 0.6 is 0 Å². The Kier molecular flexibility index (Phi) is 1.39. The third kappa shape index (κ3) is 0.693. The highest BCUT2D eigenvalue weighted by molar-refractivity contribution is 5.07. The van der Waals surface area contributed by atoms with Crippen molar-refractivity contribution in [3.05, 3.63) is 0 Å². The molecule has 2 bridgehead atoms. The lowest BCUT2D eigenvalue weighted by molar-refractivity contribution is 0.0681. The van der Waals surface area contributed by atoms with E-state index in [2.05, 4.69) is 0 Å². The van der Waals surface area contributed by atoms with E-state index in [9.17, 15) is 5.11 Å². The van der Waals surface area contributed by atoms with E-state index in [1.807, 2.05) is 0 Å². The fraction of sp³-hybridized carbons (Fsp3) is 1.00. The van der Waals surface area contributed by atoms with Crippen LogP contribution in [-0.2, 0) is 0 Å². The molecule has 1 nitrogen and oxygen atoms in total. The highest BCUT2D eigenvalue weighted by Gasteiger charge is 2.58. The van der Waals surface area contributed by atoms with Crippen LogP contribution < -0.4 is 0 Å². The fourth-order valence-corrected chi connectivity index (χ4v) is 4.48. The van der Waals surface area contributed by atoms with Gasteiger partial charge >= 0.3 is 0 Å². The maximum atomic E-state index is 9.49. The smallest absolute Gasteiger partial charge is 0.0490 e. The average molecular weight is 166 g/mol.